The molecule has 0 radical (unpaired) electrons. The predicted octanol–water partition coefficient (Wildman–Crippen LogP) is 8.40. The van der Waals surface area contributed by atoms with Gasteiger partial charge in [-0.15, -0.1) is 10.2 Å². The lowest BCUT2D eigenvalue weighted by Crippen LogP contribution is -2.16. The molecule has 0 amide bonds. The number of hydrogen-bond acceptors (Lipinski definition) is 2. The van der Waals surface area contributed by atoms with E-state index in [1.807, 2.05) is 12.1 Å². The van der Waals surface area contributed by atoms with E-state index in [1.54, 1.807) is 0 Å². The first-order chi connectivity index (χ1) is 17.1. The molecule has 0 aliphatic heterocycles. The molecule has 1 aliphatic rings. The Labute approximate surface area is 208 Å². The van der Waals surface area contributed by atoms with Crippen molar-refractivity contribution in [1.82, 2.24) is 14.8 Å². The third kappa shape index (κ3) is 4.77. The Morgan fingerprint density at radius 3 is 2.06 bits per heavy atom. The van der Waals surface area contributed by atoms with Gasteiger partial charge in [-0.05, 0) is 47.1 Å². The summed E-state index contributed by atoms with van der Waals surface area (Å²) in [5, 5.41) is 9.43. The molecule has 0 saturated carbocycles. The minimum atomic E-state index is 0.196. The van der Waals surface area contributed by atoms with Crippen LogP contribution in [-0.2, 0) is 0 Å². The molecular formula is C32H33N3. The highest BCUT2D eigenvalue weighted by atomic mass is 15.3. The first-order valence-corrected chi connectivity index (χ1v) is 12.6. The molecule has 3 heteroatoms. The van der Waals surface area contributed by atoms with Gasteiger partial charge in [0.25, 0.3) is 0 Å². The zero-order chi connectivity index (χ0) is 24.3. The van der Waals surface area contributed by atoms with Crippen LogP contribution in [0.15, 0.2) is 109 Å². The number of hydrogen-bond donors (Lipinski definition) is 0. The Hall–Kier alpha value is -3.72. The molecule has 1 heterocycles. The van der Waals surface area contributed by atoms with Gasteiger partial charge < -0.3 is 0 Å². The van der Waals surface area contributed by atoms with Crippen LogP contribution in [0.1, 0.15) is 51.8 Å². The lowest BCUT2D eigenvalue weighted by Gasteiger charge is -2.29. The highest BCUT2D eigenvalue weighted by Gasteiger charge is 2.26. The molecule has 5 rings (SSSR count). The summed E-state index contributed by atoms with van der Waals surface area (Å²) < 4.78 is 2.22. The standard InChI is InChI=1S/C32H33N3/c1-4-23-32(2,3)28-21-19-27(20-22-28)31-34-33-30(35(31)29-13-9-6-10-14-29)26-17-15-25(16-18-26)24-11-7-5-8-12-24/h5-19,21-22,27H,4,20,23H2,1-3H3. The van der Waals surface area contributed by atoms with Crippen LogP contribution in [0.4, 0.5) is 0 Å². The van der Waals surface area contributed by atoms with Crippen molar-refractivity contribution in [2.24, 2.45) is 5.41 Å². The van der Waals surface area contributed by atoms with E-state index < -0.39 is 0 Å². The van der Waals surface area contributed by atoms with Gasteiger partial charge in [-0.2, -0.15) is 0 Å². The van der Waals surface area contributed by atoms with E-state index in [1.165, 1.54) is 29.5 Å². The fraction of sp³-hybridized carbons (Fsp3) is 0.250. The lowest BCUT2D eigenvalue weighted by atomic mass is 9.77. The predicted molar refractivity (Wildman–Crippen MR) is 146 cm³/mol. The smallest absolute Gasteiger partial charge is 0.168 e. The van der Waals surface area contributed by atoms with Crippen LogP contribution in [0.2, 0.25) is 0 Å². The first-order valence-electron chi connectivity index (χ1n) is 12.6. The Kier molecular flexibility index (Phi) is 6.50. The molecule has 0 bridgehead atoms. The fourth-order valence-electron chi connectivity index (χ4n) is 5.08. The number of allylic oxidation sites excluding steroid dienone is 4. The second kappa shape index (κ2) is 9.87. The molecule has 176 valence electrons. The molecule has 1 atom stereocenters. The van der Waals surface area contributed by atoms with E-state index in [9.17, 15) is 0 Å². The Bertz CT molecular complexity index is 1330. The summed E-state index contributed by atoms with van der Waals surface area (Å²) in [4.78, 5) is 0. The van der Waals surface area contributed by atoms with E-state index in [4.69, 9.17) is 10.2 Å². The number of benzene rings is 3. The third-order valence-electron chi connectivity index (χ3n) is 7.04. The molecule has 1 unspecified atom stereocenters. The number of rotatable bonds is 7. The average molecular weight is 460 g/mol. The first kappa shape index (κ1) is 23.0. The van der Waals surface area contributed by atoms with Gasteiger partial charge in [0.05, 0.1) is 0 Å². The third-order valence-corrected chi connectivity index (χ3v) is 7.04. The van der Waals surface area contributed by atoms with Crippen molar-refractivity contribution < 1.29 is 0 Å². The van der Waals surface area contributed by atoms with Crippen LogP contribution in [-0.4, -0.2) is 14.8 Å². The van der Waals surface area contributed by atoms with Gasteiger partial charge in [0.15, 0.2) is 5.82 Å². The number of para-hydroxylation sites is 1. The maximum atomic E-state index is 4.73. The fourth-order valence-corrected chi connectivity index (χ4v) is 5.08. The zero-order valence-electron chi connectivity index (χ0n) is 20.9. The molecule has 4 aromatic rings. The maximum absolute atomic E-state index is 4.73. The number of aromatic nitrogens is 3. The van der Waals surface area contributed by atoms with Crippen molar-refractivity contribution in [1.29, 1.82) is 0 Å². The molecule has 3 nitrogen and oxygen atoms in total. The SMILES string of the molecule is CCCC(C)(C)C1=CCC(c2nnc(-c3ccc(-c4ccccc4)cc3)n2-c2ccccc2)C=C1. The second-order valence-electron chi connectivity index (χ2n) is 9.99. The van der Waals surface area contributed by atoms with Crippen LogP contribution in [0, 0.1) is 5.41 Å². The summed E-state index contributed by atoms with van der Waals surface area (Å²) in [5.41, 5.74) is 6.19. The molecule has 0 N–H and O–H groups in total. The number of nitrogens with zero attached hydrogens (tertiary/aromatic N) is 3. The minimum Gasteiger partial charge on any atom is -0.278 e. The summed E-state index contributed by atoms with van der Waals surface area (Å²) >= 11 is 0. The van der Waals surface area contributed by atoms with E-state index in [2.05, 4.69) is 116 Å². The topological polar surface area (TPSA) is 30.7 Å². The Morgan fingerprint density at radius 2 is 1.43 bits per heavy atom. The second-order valence-corrected chi connectivity index (χ2v) is 9.99. The van der Waals surface area contributed by atoms with Gasteiger partial charge in [0.2, 0.25) is 0 Å². The Balaban J connectivity index is 1.50. The van der Waals surface area contributed by atoms with Gasteiger partial charge in [-0.25, -0.2) is 0 Å². The molecule has 35 heavy (non-hydrogen) atoms. The summed E-state index contributed by atoms with van der Waals surface area (Å²) in [6.45, 7) is 6.95. The zero-order valence-corrected chi connectivity index (χ0v) is 20.9. The molecule has 3 aromatic carbocycles. The molecule has 0 spiro atoms. The highest BCUT2D eigenvalue weighted by molar-refractivity contribution is 5.68. The largest absolute Gasteiger partial charge is 0.278 e. The van der Waals surface area contributed by atoms with Crippen molar-refractivity contribution in [2.45, 2.75) is 46.0 Å². The average Bonchev–Trinajstić information content (AvgIpc) is 3.35. The summed E-state index contributed by atoms with van der Waals surface area (Å²) in [6.07, 6.45) is 10.4. The van der Waals surface area contributed by atoms with Crippen LogP contribution < -0.4 is 0 Å². The molecular weight excluding hydrogens is 426 g/mol. The maximum Gasteiger partial charge on any atom is 0.168 e. The van der Waals surface area contributed by atoms with Crippen molar-refractivity contribution in [3.63, 3.8) is 0 Å². The van der Waals surface area contributed by atoms with Crippen molar-refractivity contribution in [2.75, 3.05) is 0 Å². The normalized spacial score (nSPS) is 15.7. The van der Waals surface area contributed by atoms with E-state index in [-0.39, 0.29) is 11.3 Å². The van der Waals surface area contributed by atoms with Gasteiger partial charge in [0.1, 0.15) is 5.82 Å². The molecule has 0 fully saturated rings. The lowest BCUT2D eigenvalue weighted by molar-refractivity contribution is 0.408. The van der Waals surface area contributed by atoms with Crippen molar-refractivity contribution in [3.8, 4) is 28.2 Å². The van der Waals surface area contributed by atoms with Gasteiger partial charge in [-0.3, -0.25) is 4.57 Å². The van der Waals surface area contributed by atoms with E-state index in [0.29, 0.717) is 0 Å². The van der Waals surface area contributed by atoms with E-state index >= 15 is 0 Å². The summed E-state index contributed by atoms with van der Waals surface area (Å²) in [6, 6.07) is 29.6. The molecule has 1 aliphatic carbocycles. The van der Waals surface area contributed by atoms with Gasteiger partial charge >= 0.3 is 0 Å². The van der Waals surface area contributed by atoms with Crippen LogP contribution in [0.5, 0.6) is 0 Å². The molecule has 0 saturated heterocycles. The van der Waals surface area contributed by atoms with Crippen molar-refractivity contribution in [3.05, 3.63) is 115 Å². The van der Waals surface area contributed by atoms with Gasteiger partial charge in [0, 0.05) is 17.2 Å². The highest BCUT2D eigenvalue weighted by Crippen LogP contribution is 2.38. The van der Waals surface area contributed by atoms with Crippen LogP contribution in [0.3, 0.4) is 0 Å². The van der Waals surface area contributed by atoms with Crippen molar-refractivity contribution >= 4 is 0 Å². The van der Waals surface area contributed by atoms with Gasteiger partial charge in [-0.1, -0.05) is 118 Å². The summed E-state index contributed by atoms with van der Waals surface area (Å²) in [5.74, 6) is 2.06. The minimum absolute atomic E-state index is 0.196. The van der Waals surface area contributed by atoms with Crippen LogP contribution in [0.25, 0.3) is 28.2 Å². The monoisotopic (exact) mass is 459 g/mol. The van der Waals surface area contributed by atoms with Crippen LogP contribution >= 0.6 is 0 Å². The quantitative estimate of drug-likeness (QED) is 0.278. The van der Waals surface area contributed by atoms with E-state index in [0.717, 1.165) is 29.3 Å². The molecule has 1 aromatic heterocycles. The summed E-state index contributed by atoms with van der Waals surface area (Å²) in [7, 11) is 0. The Morgan fingerprint density at radius 1 is 0.800 bits per heavy atom.